The largest absolute Gasteiger partial charge is 0.481 e. The maximum absolute atomic E-state index is 12.0. The van der Waals surface area contributed by atoms with Gasteiger partial charge in [-0.3, -0.25) is 4.79 Å². The number of thiophene rings is 1. The number of aliphatic hydroxyl groups is 1. The predicted molar refractivity (Wildman–Crippen MR) is 64.5 cm³/mol. The van der Waals surface area contributed by atoms with E-state index in [9.17, 15) is 9.90 Å². The van der Waals surface area contributed by atoms with Crippen LogP contribution in [0.25, 0.3) is 0 Å². The fraction of sp³-hybridized carbons (Fsp3) is 0.154. The van der Waals surface area contributed by atoms with Gasteiger partial charge in [-0.2, -0.15) is 0 Å². The van der Waals surface area contributed by atoms with E-state index in [0.717, 1.165) is 4.88 Å². The lowest BCUT2D eigenvalue weighted by atomic mass is 9.97. The van der Waals surface area contributed by atoms with Crippen LogP contribution in [0.1, 0.15) is 21.3 Å². The quantitative estimate of drug-likeness (QED) is 0.840. The first-order valence-corrected chi connectivity index (χ1v) is 6.17. The van der Waals surface area contributed by atoms with Gasteiger partial charge in [-0.1, -0.05) is 18.2 Å². The molecular formula is C13H10O3S. The molecule has 3 nitrogen and oxygen atoms in total. The number of Topliss-reactive ketones (excluding diaryl/α,β-unsaturated/α-hetero) is 1. The van der Waals surface area contributed by atoms with Crippen molar-refractivity contribution in [1.29, 1.82) is 0 Å². The molecule has 1 aliphatic rings. The number of carbonyl (C=O) groups excluding carboxylic acids is 1. The van der Waals surface area contributed by atoms with Crippen molar-refractivity contribution < 1.29 is 14.6 Å². The number of ketones is 1. The second-order valence-corrected chi connectivity index (χ2v) is 4.84. The Bertz CT molecular complexity index is 548. The third-order valence-electron chi connectivity index (χ3n) is 2.79. The molecule has 2 aromatic rings. The molecule has 1 aliphatic heterocycles. The van der Waals surface area contributed by atoms with Crippen molar-refractivity contribution in [2.75, 3.05) is 0 Å². The highest BCUT2D eigenvalue weighted by molar-refractivity contribution is 7.10. The zero-order chi connectivity index (χ0) is 11.8. The molecule has 3 rings (SSSR count). The molecule has 2 heterocycles. The zero-order valence-electron chi connectivity index (χ0n) is 8.87. The average molecular weight is 246 g/mol. The van der Waals surface area contributed by atoms with Crippen molar-refractivity contribution in [3.8, 4) is 5.75 Å². The second-order valence-electron chi connectivity index (χ2n) is 3.86. The summed E-state index contributed by atoms with van der Waals surface area (Å²) in [5.41, 5.74) is 0.452. The summed E-state index contributed by atoms with van der Waals surface area (Å²) in [6, 6.07) is 10.7. The maximum atomic E-state index is 12.0. The molecule has 1 N–H and O–H groups in total. The second kappa shape index (κ2) is 3.98. The third kappa shape index (κ3) is 1.66. The third-order valence-corrected chi connectivity index (χ3v) is 3.72. The Morgan fingerprint density at radius 1 is 1.18 bits per heavy atom. The number of carbonyl (C=O) groups is 1. The van der Waals surface area contributed by atoms with E-state index >= 15 is 0 Å². The molecule has 0 bridgehead atoms. The Morgan fingerprint density at radius 3 is 2.76 bits per heavy atom. The lowest BCUT2D eigenvalue weighted by Crippen LogP contribution is -2.35. The van der Waals surface area contributed by atoms with Crippen LogP contribution in [0.3, 0.4) is 0 Å². The number of aliphatic hydroxyl groups excluding tert-OH is 1. The summed E-state index contributed by atoms with van der Waals surface area (Å²) in [5, 5.41) is 11.9. The van der Waals surface area contributed by atoms with Crippen molar-refractivity contribution in [3.63, 3.8) is 0 Å². The Labute approximate surface area is 102 Å². The van der Waals surface area contributed by atoms with Crippen LogP contribution in [0.4, 0.5) is 0 Å². The molecule has 1 aromatic heterocycles. The van der Waals surface area contributed by atoms with Gasteiger partial charge < -0.3 is 9.84 Å². The van der Waals surface area contributed by atoms with Gasteiger partial charge in [0, 0.05) is 4.88 Å². The van der Waals surface area contributed by atoms with E-state index in [-0.39, 0.29) is 5.78 Å². The van der Waals surface area contributed by atoms with Crippen LogP contribution in [-0.2, 0) is 0 Å². The lowest BCUT2D eigenvalue weighted by molar-refractivity contribution is 0.0229. The van der Waals surface area contributed by atoms with Crippen molar-refractivity contribution in [3.05, 3.63) is 52.2 Å². The summed E-state index contributed by atoms with van der Waals surface area (Å²) in [5.74, 6) is 0.270. The molecule has 0 amide bonds. The number of hydrogen-bond acceptors (Lipinski definition) is 4. The van der Waals surface area contributed by atoms with Crippen LogP contribution in [0.2, 0.25) is 0 Å². The summed E-state index contributed by atoms with van der Waals surface area (Å²) in [6.07, 6.45) is -1.71. The highest BCUT2D eigenvalue weighted by atomic mass is 32.1. The van der Waals surface area contributed by atoms with Gasteiger partial charge in [-0.15, -0.1) is 11.3 Å². The van der Waals surface area contributed by atoms with Crippen LogP contribution in [0.5, 0.6) is 5.75 Å². The molecular weight excluding hydrogens is 236 g/mol. The molecule has 1 aromatic carbocycles. The van der Waals surface area contributed by atoms with Crippen LogP contribution in [-0.4, -0.2) is 17.0 Å². The molecule has 17 heavy (non-hydrogen) atoms. The zero-order valence-corrected chi connectivity index (χ0v) is 9.68. The molecule has 0 saturated carbocycles. The summed E-state index contributed by atoms with van der Waals surface area (Å²) in [7, 11) is 0. The number of fused-ring (bicyclic) bond motifs is 1. The smallest absolute Gasteiger partial charge is 0.199 e. The van der Waals surface area contributed by atoms with Crippen LogP contribution in [0, 0.1) is 0 Å². The fourth-order valence-electron chi connectivity index (χ4n) is 1.94. The maximum Gasteiger partial charge on any atom is 0.199 e. The van der Waals surface area contributed by atoms with Crippen LogP contribution < -0.4 is 4.74 Å². The minimum atomic E-state index is -1.12. The molecule has 0 aliphatic carbocycles. The van der Waals surface area contributed by atoms with E-state index in [2.05, 4.69) is 0 Å². The van der Waals surface area contributed by atoms with E-state index in [0.29, 0.717) is 11.3 Å². The molecule has 86 valence electrons. The van der Waals surface area contributed by atoms with Gasteiger partial charge in [0.05, 0.1) is 5.56 Å². The minimum Gasteiger partial charge on any atom is -0.481 e. The molecule has 0 fully saturated rings. The lowest BCUT2D eigenvalue weighted by Gasteiger charge is -2.28. The number of para-hydroxylation sites is 1. The predicted octanol–water partition coefficient (Wildman–Crippen LogP) is 2.43. The topological polar surface area (TPSA) is 46.5 Å². The van der Waals surface area contributed by atoms with E-state index in [1.54, 1.807) is 18.2 Å². The summed E-state index contributed by atoms with van der Waals surface area (Å²) < 4.78 is 5.70. The van der Waals surface area contributed by atoms with Gasteiger partial charge in [-0.25, -0.2) is 0 Å². The molecule has 4 heteroatoms. The Morgan fingerprint density at radius 2 is 2.00 bits per heavy atom. The number of benzene rings is 1. The highest BCUT2D eigenvalue weighted by Crippen LogP contribution is 2.36. The first-order chi connectivity index (χ1) is 8.27. The normalized spacial score (nSPS) is 23.0. The molecule has 2 unspecified atom stereocenters. The Kier molecular flexibility index (Phi) is 2.46. The summed E-state index contributed by atoms with van der Waals surface area (Å²) >= 11 is 1.47. The molecule has 0 saturated heterocycles. The van der Waals surface area contributed by atoms with E-state index in [1.165, 1.54) is 11.3 Å². The van der Waals surface area contributed by atoms with Crippen molar-refractivity contribution in [1.82, 2.24) is 0 Å². The van der Waals surface area contributed by atoms with Gasteiger partial charge >= 0.3 is 0 Å². The fourth-order valence-corrected chi connectivity index (χ4v) is 2.72. The van der Waals surface area contributed by atoms with E-state index < -0.39 is 12.2 Å². The number of hydrogen-bond donors (Lipinski definition) is 1. The summed E-state index contributed by atoms with van der Waals surface area (Å²) in [6.45, 7) is 0. The van der Waals surface area contributed by atoms with Gasteiger partial charge in [-0.05, 0) is 23.6 Å². The monoisotopic (exact) mass is 246 g/mol. The van der Waals surface area contributed by atoms with E-state index in [1.807, 2.05) is 23.6 Å². The van der Waals surface area contributed by atoms with Gasteiger partial charge in [0.25, 0.3) is 0 Å². The van der Waals surface area contributed by atoms with Crippen molar-refractivity contribution >= 4 is 17.1 Å². The van der Waals surface area contributed by atoms with Crippen molar-refractivity contribution in [2.45, 2.75) is 12.2 Å². The summed E-state index contributed by atoms with van der Waals surface area (Å²) in [4.78, 5) is 12.9. The Balaban J connectivity index is 2.05. The van der Waals surface area contributed by atoms with Gasteiger partial charge in [0.1, 0.15) is 5.75 Å². The molecule has 0 spiro atoms. The molecule has 0 radical (unpaired) electrons. The minimum absolute atomic E-state index is 0.273. The first-order valence-electron chi connectivity index (χ1n) is 5.29. The Hall–Kier alpha value is -1.65. The number of ether oxygens (including phenoxy) is 1. The van der Waals surface area contributed by atoms with Crippen LogP contribution >= 0.6 is 11.3 Å². The molecule has 2 atom stereocenters. The van der Waals surface area contributed by atoms with Gasteiger partial charge in [0.2, 0.25) is 0 Å². The van der Waals surface area contributed by atoms with E-state index in [4.69, 9.17) is 4.74 Å². The SMILES string of the molecule is O=C1c2ccccc2OC(c2cccs2)C1O. The number of rotatable bonds is 1. The average Bonchev–Trinajstić information content (AvgIpc) is 2.87. The van der Waals surface area contributed by atoms with Gasteiger partial charge in [0.15, 0.2) is 18.0 Å². The standard InChI is InChI=1S/C13H10O3S/c14-11-8-4-1-2-5-9(8)16-13(12(11)15)10-6-3-7-17-10/h1-7,12-13,15H. The van der Waals surface area contributed by atoms with Crippen LogP contribution in [0.15, 0.2) is 41.8 Å². The van der Waals surface area contributed by atoms with Crippen molar-refractivity contribution in [2.24, 2.45) is 0 Å². The highest BCUT2D eigenvalue weighted by Gasteiger charge is 2.37. The first kappa shape index (κ1) is 10.5.